The van der Waals surface area contributed by atoms with Crippen LogP contribution in [0.3, 0.4) is 0 Å². The highest BCUT2D eigenvalue weighted by atomic mass is 16.1. The fourth-order valence-electron chi connectivity index (χ4n) is 2.80. The molecule has 0 atom stereocenters. The molecule has 0 aliphatic heterocycles. The molecule has 96 valence electrons. The Morgan fingerprint density at radius 2 is 1.63 bits per heavy atom. The lowest BCUT2D eigenvalue weighted by Gasteiger charge is -2.06. The standard InChI is InChI=1S/C18H18O/c1-2-18(19)15-9-6-14(7-10-15)17-11-8-13-4-3-5-16(13)12-17/h6-12H,2-5H2,1H3. The van der Waals surface area contributed by atoms with E-state index in [1.807, 2.05) is 19.1 Å². The van der Waals surface area contributed by atoms with Gasteiger partial charge in [-0.05, 0) is 41.5 Å². The van der Waals surface area contributed by atoms with Gasteiger partial charge in [0.15, 0.2) is 5.78 Å². The second-order valence-corrected chi connectivity index (χ2v) is 5.19. The first-order valence-corrected chi connectivity index (χ1v) is 7.03. The van der Waals surface area contributed by atoms with Gasteiger partial charge in [-0.15, -0.1) is 0 Å². The number of benzene rings is 2. The number of carbonyl (C=O) groups is 1. The minimum absolute atomic E-state index is 0.209. The Morgan fingerprint density at radius 3 is 2.37 bits per heavy atom. The summed E-state index contributed by atoms with van der Waals surface area (Å²) in [7, 11) is 0. The van der Waals surface area contributed by atoms with Crippen LogP contribution in [0.5, 0.6) is 0 Å². The zero-order chi connectivity index (χ0) is 13.2. The number of aryl methyl sites for hydroxylation is 2. The minimum atomic E-state index is 0.209. The van der Waals surface area contributed by atoms with Crippen LogP contribution >= 0.6 is 0 Å². The van der Waals surface area contributed by atoms with Crippen LogP contribution < -0.4 is 0 Å². The van der Waals surface area contributed by atoms with Crippen molar-refractivity contribution in [2.45, 2.75) is 32.6 Å². The maximum Gasteiger partial charge on any atom is 0.162 e. The van der Waals surface area contributed by atoms with E-state index in [9.17, 15) is 4.79 Å². The van der Waals surface area contributed by atoms with Crippen LogP contribution in [0.1, 0.15) is 41.3 Å². The molecule has 0 saturated carbocycles. The number of hydrogen-bond acceptors (Lipinski definition) is 1. The largest absolute Gasteiger partial charge is 0.294 e. The molecule has 1 nitrogen and oxygen atoms in total. The lowest BCUT2D eigenvalue weighted by molar-refractivity contribution is 0.0988. The van der Waals surface area contributed by atoms with Gasteiger partial charge in [-0.2, -0.15) is 0 Å². The molecule has 0 bridgehead atoms. The molecule has 0 N–H and O–H groups in total. The fraction of sp³-hybridized carbons (Fsp3) is 0.278. The summed E-state index contributed by atoms with van der Waals surface area (Å²) in [5.41, 5.74) is 6.26. The third-order valence-corrected chi connectivity index (χ3v) is 3.96. The average Bonchev–Trinajstić information content (AvgIpc) is 2.94. The Bertz CT molecular complexity index is 608. The van der Waals surface area contributed by atoms with Crippen LogP contribution in [-0.2, 0) is 12.8 Å². The van der Waals surface area contributed by atoms with E-state index in [4.69, 9.17) is 0 Å². The zero-order valence-corrected chi connectivity index (χ0v) is 11.3. The predicted octanol–water partition coefficient (Wildman–Crippen LogP) is 4.44. The van der Waals surface area contributed by atoms with Crippen molar-refractivity contribution in [3.63, 3.8) is 0 Å². The number of carbonyl (C=O) groups excluding carboxylic acids is 1. The Kier molecular flexibility index (Phi) is 3.20. The van der Waals surface area contributed by atoms with Gasteiger partial charge >= 0.3 is 0 Å². The molecule has 0 saturated heterocycles. The van der Waals surface area contributed by atoms with Crippen LogP contribution in [0.15, 0.2) is 42.5 Å². The third-order valence-electron chi connectivity index (χ3n) is 3.96. The summed E-state index contributed by atoms with van der Waals surface area (Å²) < 4.78 is 0. The van der Waals surface area contributed by atoms with Gasteiger partial charge in [-0.3, -0.25) is 4.79 Å². The van der Waals surface area contributed by atoms with Crippen molar-refractivity contribution in [2.75, 3.05) is 0 Å². The van der Waals surface area contributed by atoms with E-state index in [0.717, 1.165) is 5.56 Å². The second-order valence-electron chi connectivity index (χ2n) is 5.19. The molecule has 0 heterocycles. The van der Waals surface area contributed by atoms with Crippen molar-refractivity contribution in [1.82, 2.24) is 0 Å². The molecule has 0 unspecified atom stereocenters. The Hall–Kier alpha value is -1.89. The van der Waals surface area contributed by atoms with Crippen molar-refractivity contribution >= 4 is 5.78 Å². The van der Waals surface area contributed by atoms with Crippen LogP contribution in [0.4, 0.5) is 0 Å². The number of Topliss-reactive ketones (excluding diaryl/α,β-unsaturated/α-hetero) is 1. The van der Waals surface area contributed by atoms with Gasteiger partial charge in [0.25, 0.3) is 0 Å². The lowest BCUT2D eigenvalue weighted by Crippen LogP contribution is -1.95. The molecule has 0 spiro atoms. The summed E-state index contributed by atoms with van der Waals surface area (Å²) >= 11 is 0. The number of rotatable bonds is 3. The van der Waals surface area contributed by atoms with E-state index in [-0.39, 0.29) is 5.78 Å². The van der Waals surface area contributed by atoms with Crippen LogP contribution in [0.2, 0.25) is 0 Å². The molecule has 2 aromatic carbocycles. The Morgan fingerprint density at radius 1 is 0.947 bits per heavy atom. The molecule has 1 aliphatic rings. The predicted molar refractivity (Wildman–Crippen MR) is 78.5 cm³/mol. The van der Waals surface area contributed by atoms with Gasteiger partial charge in [-0.1, -0.05) is 49.4 Å². The van der Waals surface area contributed by atoms with E-state index < -0.39 is 0 Å². The highest BCUT2D eigenvalue weighted by molar-refractivity contribution is 5.96. The first-order chi connectivity index (χ1) is 9.28. The smallest absolute Gasteiger partial charge is 0.162 e. The molecule has 1 heteroatoms. The molecule has 1 aliphatic carbocycles. The number of hydrogen-bond donors (Lipinski definition) is 0. The quantitative estimate of drug-likeness (QED) is 0.736. The van der Waals surface area contributed by atoms with E-state index in [2.05, 4.69) is 30.3 Å². The Balaban J connectivity index is 1.92. The molecule has 19 heavy (non-hydrogen) atoms. The summed E-state index contributed by atoms with van der Waals surface area (Å²) in [4.78, 5) is 11.6. The molecular weight excluding hydrogens is 232 g/mol. The molecule has 0 amide bonds. The normalized spacial score (nSPS) is 13.3. The summed E-state index contributed by atoms with van der Waals surface area (Å²) in [6.45, 7) is 1.90. The topological polar surface area (TPSA) is 17.1 Å². The summed E-state index contributed by atoms with van der Waals surface area (Å²) in [5, 5.41) is 0. The highest BCUT2D eigenvalue weighted by Crippen LogP contribution is 2.28. The van der Waals surface area contributed by atoms with Gasteiger partial charge in [0.05, 0.1) is 0 Å². The van der Waals surface area contributed by atoms with Crippen molar-refractivity contribution < 1.29 is 4.79 Å². The van der Waals surface area contributed by atoms with E-state index >= 15 is 0 Å². The number of ketones is 1. The van der Waals surface area contributed by atoms with Gasteiger partial charge in [0.2, 0.25) is 0 Å². The zero-order valence-electron chi connectivity index (χ0n) is 11.3. The SMILES string of the molecule is CCC(=O)c1ccc(-c2ccc3c(c2)CCC3)cc1. The van der Waals surface area contributed by atoms with Crippen LogP contribution in [0.25, 0.3) is 11.1 Å². The van der Waals surface area contributed by atoms with E-state index in [0.29, 0.717) is 6.42 Å². The highest BCUT2D eigenvalue weighted by Gasteiger charge is 2.11. The maximum absolute atomic E-state index is 11.6. The molecule has 0 radical (unpaired) electrons. The average molecular weight is 250 g/mol. The molecule has 0 fully saturated rings. The van der Waals surface area contributed by atoms with Gasteiger partial charge in [0.1, 0.15) is 0 Å². The molecule has 3 rings (SSSR count). The van der Waals surface area contributed by atoms with Crippen molar-refractivity contribution in [2.24, 2.45) is 0 Å². The number of fused-ring (bicyclic) bond motifs is 1. The van der Waals surface area contributed by atoms with Crippen molar-refractivity contribution in [1.29, 1.82) is 0 Å². The maximum atomic E-state index is 11.6. The molecule has 0 aromatic heterocycles. The summed E-state index contributed by atoms with van der Waals surface area (Å²) in [6, 6.07) is 14.7. The summed E-state index contributed by atoms with van der Waals surface area (Å²) in [6.07, 6.45) is 4.27. The van der Waals surface area contributed by atoms with Crippen LogP contribution in [0, 0.1) is 0 Å². The van der Waals surface area contributed by atoms with Gasteiger partial charge < -0.3 is 0 Å². The first-order valence-electron chi connectivity index (χ1n) is 7.03. The van der Waals surface area contributed by atoms with Gasteiger partial charge in [-0.25, -0.2) is 0 Å². The van der Waals surface area contributed by atoms with Gasteiger partial charge in [0, 0.05) is 12.0 Å². The third kappa shape index (κ3) is 2.33. The first kappa shape index (κ1) is 12.2. The van der Waals surface area contributed by atoms with E-state index in [1.54, 1.807) is 0 Å². The molecular formula is C18H18O. The Labute approximate surface area is 114 Å². The monoisotopic (exact) mass is 250 g/mol. The van der Waals surface area contributed by atoms with E-state index in [1.165, 1.54) is 41.5 Å². The van der Waals surface area contributed by atoms with Crippen LogP contribution in [-0.4, -0.2) is 5.78 Å². The summed E-state index contributed by atoms with van der Waals surface area (Å²) in [5.74, 6) is 0.209. The van der Waals surface area contributed by atoms with Crippen molar-refractivity contribution in [3.8, 4) is 11.1 Å². The molecule has 2 aromatic rings. The second kappa shape index (κ2) is 5.00. The lowest BCUT2D eigenvalue weighted by atomic mass is 9.98. The minimum Gasteiger partial charge on any atom is -0.294 e. The van der Waals surface area contributed by atoms with Crippen molar-refractivity contribution in [3.05, 3.63) is 59.2 Å². The fourth-order valence-corrected chi connectivity index (χ4v) is 2.80.